The number of benzene rings is 2. The molecule has 0 unspecified atom stereocenters. The number of hydrogen-bond donors (Lipinski definition) is 1. The summed E-state index contributed by atoms with van der Waals surface area (Å²) in [7, 11) is 0. The van der Waals surface area contributed by atoms with E-state index >= 15 is 0 Å². The van der Waals surface area contributed by atoms with Crippen LogP contribution in [0.15, 0.2) is 48.5 Å². The Morgan fingerprint density at radius 3 is 2.09 bits per heavy atom. The number of carbonyl (C=O) groups is 3. The van der Waals surface area contributed by atoms with Crippen molar-refractivity contribution >= 4 is 23.4 Å². The van der Waals surface area contributed by atoms with Crippen LogP contribution in [-0.4, -0.2) is 48.4 Å². The van der Waals surface area contributed by atoms with Gasteiger partial charge in [-0.25, -0.2) is 9.18 Å². The first-order valence-corrected chi connectivity index (χ1v) is 10.4. The van der Waals surface area contributed by atoms with Crippen LogP contribution in [0.4, 0.5) is 28.0 Å². The second kappa shape index (κ2) is 10.5. The quantitative estimate of drug-likeness (QED) is 0.511. The fraction of sp³-hybridized carbons (Fsp3) is 0.348. The van der Waals surface area contributed by atoms with E-state index in [9.17, 15) is 31.9 Å². The van der Waals surface area contributed by atoms with Crippen LogP contribution < -0.4 is 10.2 Å². The molecule has 1 aliphatic heterocycles. The zero-order valence-corrected chi connectivity index (χ0v) is 17.7. The lowest BCUT2D eigenvalue weighted by molar-refractivity contribution is -0.173. The van der Waals surface area contributed by atoms with E-state index in [0.29, 0.717) is 24.3 Å². The number of ketones is 1. The number of amides is 3. The zero-order chi connectivity index (χ0) is 24.0. The number of nitrogens with one attached hydrogen (secondary N) is 1. The number of nitrogens with zero attached hydrogens (tertiary/aromatic N) is 2. The molecule has 1 N–H and O–H groups in total. The van der Waals surface area contributed by atoms with Crippen molar-refractivity contribution in [3.05, 3.63) is 65.5 Å². The van der Waals surface area contributed by atoms with E-state index in [1.807, 2.05) is 0 Å². The molecule has 1 saturated heterocycles. The van der Waals surface area contributed by atoms with E-state index in [-0.39, 0.29) is 18.1 Å². The van der Waals surface area contributed by atoms with Crippen molar-refractivity contribution in [2.24, 2.45) is 0 Å². The van der Waals surface area contributed by atoms with E-state index in [2.05, 4.69) is 0 Å². The molecule has 0 bridgehead atoms. The maximum absolute atomic E-state index is 13.4. The minimum absolute atomic E-state index is 0.122. The minimum Gasteiger partial charge on any atom is -0.341 e. The fourth-order valence-electron chi connectivity index (χ4n) is 3.49. The highest BCUT2D eigenvalue weighted by atomic mass is 19.4. The number of hydrogen-bond acceptors (Lipinski definition) is 3. The van der Waals surface area contributed by atoms with Crippen molar-refractivity contribution in [2.75, 3.05) is 24.5 Å². The van der Waals surface area contributed by atoms with Gasteiger partial charge in [-0.05, 0) is 49.1 Å². The van der Waals surface area contributed by atoms with Crippen molar-refractivity contribution in [2.45, 2.75) is 32.0 Å². The van der Waals surface area contributed by atoms with E-state index in [0.717, 1.165) is 19.3 Å². The summed E-state index contributed by atoms with van der Waals surface area (Å²) >= 11 is 0. The molecule has 33 heavy (non-hydrogen) atoms. The lowest BCUT2D eigenvalue weighted by Gasteiger charge is -2.33. The Labute approximate surface area is 188 Å². The van der Waals surface area contributed by atoms with Crippen LogP contribution in [0.2, 0.25) is 0 Å². The highest BCUT2D eigenvalue weighted by Gasteiger charge is 2.38. The fourth-order valence-corrected chi connectivity index (χ4v) is 3.49. The molecule has 1 aliphatic rings. The third-order valence-electron chi connectivity index (χ3n) is 5.28. The summed E-state index contributed by atoms with van der Waals surface area (Å²) in [4.78, 5) is 39.4. The van der Waals surface area contributed by atoms with Crippen LogP contribution in [0.25, 0.3) is 0 Å². The average Bonchev–Trinajstić information content (AvgIpc) is 2.81. The summed E-state index contributed by atoms with van der Waals surface area (Å²) in [5, 5.41) is 1.54. The average molecular weight is 465 g/mol. The summed E-state index contributed by atoms with van der Waals surface area (Å²) in [6, 6.07) is 11.4. The molecule has 0 atom stereocenters. The molecule has 3 rings (SSSR count). The first kappa shape index (κ1) is 24.2. The van der Waals surface area contributed by atoms with Gasteiger partial charge < -0.3 is 10.2 Å². The molecule has 0 aromatic heterocycles. The Kier molecular flexibility index (Phi) is 7.67. The number of halogens is 4. The first-order valence-electron chi connectivity index (χ1n) is 10.4. The summed E-state index contributed by atoms with van der Waals surface area (Å²) in [5.74, 6) is -3.29. The number of likely N-dealkylation sites (tertiary alicyclic amines) is 1. The third kappa shape index (κ3) is 6.53. The smallest absolute Gasteiger partial charge is 0.341 e. The van der Waals surface area contributed by atoms with Gasteiger partial charge in [-0.2, -0.15) is 13.2 Å². The number of alkyl halides is 3. The molecule has 0 radical (unpaired) electrons. The van der Waals surface area contributed by atoms with E-state index < -0.39 is 30.2 Å². The number of Topliss-reactive ketones (excluding diaryl/α,β-unsaturated/α-hetero) is 1. The number of rotatable bonds is 6. The standard InChI is InChI=1S/C23H23F4N3O3/c24-18-8-10-19(11-9-18)30(22(33)29-12-2-1-3-13-29)15-16-4-6-17(7-5-16)20(31)14-28-21(32)23(25,26)27/h4-11H,1-3,12-15H2,(H,28,32). The maximum Gasteiger partial charge on any atom is 0.471 e. The lowest BCUT2D eigenvalue weighted by Crippen LogP contribution is -2.45. The second-order valence-electron chi connectivity index (χ2n) is 7.69. The highest BCUT2D eigenvalue weighted by molar-refractivity contribution is 5.99. The summed E-state index contributed by atoms with van der Waals surface area (Å²) in [6.45, 7) is 0.633. The van der Waals surface area contributed by atoms with Crippen LogP contribution in [0.5, 0.6) is 0 Å². The number of carbonyl (C=O) groups excluding carboxylic acids is 3. The van der Waals surface area contributed by atoms with Gasteiger partial charge in [0.25, 0.3) is 0 Å². The highest BCUT2D eigenvalue weighted by Crippen LogP contribution is 2.22. The number of urea groups is 1. The van der Waals surface area contributed by atoms with Gasteiger partial charge in [0.2, 0.25) is 0 Å². The molecule has 1 fully saturated rings. The van der Waals surface area contributed by atoms with Crippen LogP contribution >= 0.6 is 0 Å². The molecule has 2 aromatic rings. The summed E-state index contributed by atoms with van der Waals surface area (Å²) < 4.78 is 50.2. The van der Waals surface area contributed by atoms with Crippen LogP contribution in [0.1, 0.15) is 35.2 Å². The Morgan fingerprint density at radius 2 is 1.52 bits per heavy atom. The molecule has 0 spiro atoms. The largest absolute Gasteiger partial charge is 0.471 e. The van der Waals surface area contributed by atoms with Crippen LogP contribution in [0, 0.1) is 5.82 Å². The van der Waals surface area contributed by atoms with Gasteiger partial charge in [0.15, 0.2) is 5.78 Å². The van der Waals surface area contributed by atoms with Gasteiger partial charge in [0, 0.05) is 24.3 Å². The normalized spacial score (nSPS) is 14.0. The SMILES string of the molecule is O=C(CNC(=O)C(F)(F)F)c1ccc(CN(C(=O)N2CCCCC2)c2ccc(F)cc2)cc1. The summed E-state index contributed by atoms with van der Waals surface area (Å²) in [5.41, 5.74) is 1.31. The Hall–Kier alpha value is -3.43. The van der Waals surface area contributed by atoms with Gasteiger partial charge in [-0.1, -0.05) is 24.3 Å². The minimum atomic E-state index is -5.06. The van der Waals surface area contributed by atoms with E-state index in [1.165, 1.54) is 41.3 Å². The third-order valence-corrected chi connectivity index (χ3v) is 5.28. The van der Waals surface area contributed by atoms with E-state index in [1.54, 1.807) is 22.3 Å². The van der Waals surface area contributed by atoms with Gasteiger partial charge >= 0.3 is 18.1 Å². The topological polar surface area (TPSA) is 69.7 Å². The van der Waals surface area contributed by atoms with Crippen molar-refractivity contribution in [3.63, 3.8) is 0 Å². The Balaban J connectivity index is 1.72. The van der Waals surface area contributed by atoms with Crippen molar-refractivity contribution in [1.82, 2.24) is 10.2 Å². The molecule has 10 heteroatoms. The second-order valence-corrected chi connectivity index (χ2v) is 7.69. The van der Waals surface area contributed by atoms with Gasteiger partial charge in [-0.3, -0.25) is 14.5 Å². The van der Waals surface area contributed by atoms with Crippen molar-refractivity contribution in [1.29, 1.82) is 0 Å². The Bertz CT molecular complexity index is 986. The molecular weight excluding hydrogens is 442 g/mol. The maximum atomic E-state index is 13.4. The van der Waals surface area contributed by atoms with Crippen molar-refractivity contribution < 1.29 is 31.9 Å². The molecule has 2 aromatic carbocycles. The first-order chi connectivity index (χ1) is 15.6. The van der Waals surface area contributed by atoms with Crippen molar-refractivity contribution in [3.8, 4) is 0 Å². The molecule has 1 heterocycles. The molecule has 3 amide bonds. The monoisotopic (exact) mass is 465 g/mol. The Morgan fingerprint density at radius 1 is 0.909 bits per heavy atom. The molecular formula is C23H23F4N3O3. The van der Waals surface area contributed by atoms with E-state index in [4.69, 9.17) is 0 Å². The molecule has 6 nitrogen and oxygen atoms in total. The molecule has 0 aliphatic carbocycles. The predicted octanol–water partition coefficient (Wildman–Crippen LogP) is 4.30. The molecule has 0 saturated carbocycles. The zero-order valence-electron chi connectivity index (χ0n) is 17.7. The van der Waals surface area contributed by atoms with Crippen LogP contribution in [-0.2, 0) is 11.3 Å². The lowest BCUT2D eigenvalue weighted by atomic mass is 10.1. The summed E-state index contributed by atoms with van der Waals surface area (Å²) in [6.07, 6.45) is -2.19. The van der Waals surface area contributed by atoms with Gasteiger partial charge in [0.1, 0.15) is 5.82 Å². The molecule has 176 valence electrons. The van der Waals surface area contributed by atoms with Gasteiger partial charge in [-0.15, -0.1) is 0 Å². The van der Waals surface area contributed by atoms with Crippen LogP contribution in [0.3, 0.4) is 0 Å². The predicted molar refractivity (Wildman–Crippen MR) is 113 cm³/mol. The van der Waals surface area contributed by atoms with Gasteiger partial charge in [0.05, 0.1) is 13.1 Å². The number of piperidine rings is 1. The number of anilines is 1.